The predicted octanol–water partition coefficient (Wildman–Crippen LogP) is 2.64. The van der Waals surface area contributed by atoms with Crippen LogP contribution in [-0.2, 0) is 16.2 Å². The van der Waals surface area contributed by atoms with Crippen molar-refractivity contribution in [3.05, 3.63) is 59.7 Å². The lowest BCUT2D eigenvalue weighted by molar-refractivity contribution is -0.125. The molecule has 0 saturated carbocycles. The zero-order valence-electron chi connectivity index (χ0n) is 14.2. The van der Waals surface area contributed by atoms with Crippen LogP contribution in [0.2, 0.25) is 0 Å². The average Bonchev–Trinajstić information content (AvgIpc) is 3.02. The van der Waals surface area contributed by atoms with E-state index < -0.39 is 11.7 Å². The summed E-state index contributed by atoms with van der Waals surface area (Å²) in [5.41, 5.74) is 0.952. The second-order valence-corrected chi connectivity index (χ2v) is 6.05. The molecule has 136 valence electrons. The van der Waals surface area contributed by atoms with E-state index in [9.17, 15) is 18.4 Å². The number of rotatable bonds is 5. The van der Waals surface area contributed by atoms with Crippen LogP contribution < -0.4 is 15.0 Å². The van der Waals surface area contributed by atoms with E-state index in [1.807, 2.05) is 0 Å². The van der Waals surface area contributed by atoms with Crippen molar-refractivity contribution in [1.82, 2.24) is 5.32 Å². The molecule has 1 fully saturated rings. The van der Waals surface area contributed by atoms with Crippen molar-refractivity contribution in [3.8, 4) is 5.75 Å². The molecule has 26 heavy (non-hydrogen) atoms. The minimum Gasteiger partial charge on any atom is -0.486 e. The third-order valence-corrected chi connectivity index (χ3v) is 4.25. The van der Waals surface area contributed by atoms with E-state index in [-0.39, 0.29) is 43.0 Å². The van der Waals surface area contributed by atoms with Gasteiger partial charge >= 0.3 is 0 Å². The molecule has 7 heteroatoms. The maximum atomic E-state index is 14.3. The Balaban J connectivity index is 1.69. The molecule has 0 bridgehead atoms. The fraction of sp³-hybridized carbons (Fsp3) is 0.263. The largest absolute Gasteiger partial charge is 0.486 e. The summed E-state index contributed by atoms with van der Waals surface area (Å²) < 4.78 is 32.9. The van der Waals surface area contributed by atoms with Crippen LogP contribution in [0.15, 0.2) is 42.5 Å². The van der Waals surface area contributed by atoms with E-state index in [2.05, 4.69) is 5.32 Å². The Bertz CT molecular complexity index is 841. The first kappa shape index (κ1) is 17.8. The maximum Gasteiger partial charge on any atom is 0.227 e. The SMILES string of the molecule is CNC(=O)[C@H]1CC(=O)N(c2ccc(OCc3cccc(F)c3)c(F)c2)C1. The molecule has 3 rings (SSSR count). The van der Waals surface area contributed by atoms with Gasteiger partial charge in [0.25, 0.3) is 0 Å². The molecular formula is C19H18F2N2O3. The van der Waals surface area contributed by atoms with E-state index in [0.29, 0.717) is 11.3 Å². The van der Waals surface area contributed by atoms with Gasteiger partial charge in [0.1, 0.15) is 12.4 Å². The molecule has 0 radical (unpaired) electrons. The molecule has 2 aromatic rings. The van der Waals surface area contributed by atoms with Crippen molar-refractivity contribution in [3.63, 3.8) is 0 Å². The number of nitrogens with zero attached hydrogens (tertiary/aromatic N) is 1. The van der Waals surface area contributed by atoms with Gasteiger partial charge in [0.05, 0.1) is 5.92 Å². The van der Waals surface area contributed by atoms with Crippen LogP contribution in [0.1, 0.15) is 12.0 Å². The number of halogens is 2. The Hall–Kier alpha value is -2.96. The molecule has 5 nitrogen and oxygen atoms in total. The number of carbonyl (C=O) groups excluding carboxylic acids is 2. The molecule has 0 unspecified atom stereocenters. The number of benzene rings is 2. The van der Waals surface area contributed by atoms with Gasteiger partial charge in [-0.15, -0.1) is 0 Å². The van der Waals surface area contributed by atoms with Crippen molar-refractivity contribution >= 4 is 17.5 Å². The van der Waals surface area contributed by atoms with Crippen LogP contribution in [-0.4, -0.2) is 25.4 Å². The fourth-order valence-electron chi connectivity index (χ4n) is 2.90. The second-order valence-electron chi connectivity index (χ2n) is 6.05. The molecule has 0 aliphatic carbocycles. The molecule has 1 aliphatic heterocycles. The van der Waals surface area contributed by atoms with Crippen LogP contribution in [0.3, 0.4) is 0 Å². The number of nitrogens with one attached hydrogen (secondary N) is 1. The third-order valence-electron chi connectivity index (χ3n) is 4.25. The van der Waals surface area contributed by atoms with E-state index in [0.717, 1.165) is 0 Å². The van der Waals surface area contributed by atoms with Crippen molar-refractivity contribution in [2.24, 2.45) is 5.92 Å². The van der Waals surface area contributed by atoms with Gasteiger partial charge in [0.15, 0.2) is 11.6 Å². The first-order valence-corrected chi connectivity index (χ1v) is 8.16. The summed E-state index contributed by atoms with van der Waals surface area (Å²) >= 11 is 0. The third kappa shape index (κ3) is 3.82. The average molecular weight is 360 g/mol. The summed E-state index contributed by atoms with van der Waals surface area (Å²) in [6.07, 6.45) is 0.0963. The van der Waals surface area contributed by atoms with Crippen LogP contribution in [0.5, 0.6) is 5.75 Å². The zero-order valence-corrected chi connectivity index (χ0v) is 14.2. The first-order valence-electron chi connectivity index (χ1n) is 8.16. The zero-order chi connectivity index (χ0) is 18.7. The Labute approximate surface area is 149 Å². The van der Waals surface area contributed by atoms with Gasteiger partial charge in [-0.25, -0.2) is 8.78 Å². The molecule has 0 aromatic heterocycles. The highest BCUT2D eigenvalue weighted by atomic mass is 19.1. The van der Waals surface area contributed by atoms with E-state index in [1.165, 1.54) is 36.2 Å². The van der Waals surface area contributed by atoms with Crippen LogP contribution in [0.4, 0.5) is 14.5 Å². The molecular weight excluding hydrogens is 342 g/mol. The van der Waals surface area contributed by atoms with E-state index in [1.54, 1.807) is 18.2 Å². The minimum absolute atomic E-state index is 0.00695. The van der Waals surface area contributed by atoms with Crippen molar-refractivity contribution in [1.29, 1.82) is 0 Å². The summed E-state index contributed by atoms with van der Waals surface area (Å²) in [4.78, 5) is 25.2. The minimum atomic E-state index is -0.630. The van der Waals surface area contributed by atoms with Crippen molar-refractivity contribution in [2.45, 2.75) is 13.0 Å². The predicted molar refractivity (Wildman–Crippen MR) is 91.7 cm³/mol. The van der Waals surface area contributed by atoms with Crippen molar-refractivity contribution in [2.75, 3.05) is 18.5 Å². The van der Waals surface area contributed by atoms with E-state index in [4.69, 9.17) is 4.74 Å². The van der Waals surface area contributed by atoms with Gasteiger partial charge < -0.3 is 15.0 Å². The quantitative estimate of drug-likeness (QED) is 0.892. The molecule has 1 N–H and O–H groups in total. The highest BCUT2D eigenvalue weighted by Crippen LogP contribution is 2.29. The highest BCUT2D eigenvalue weighted by Gasteiger charge is 2.34. The molecule has 0 spiro atoms. The van der Waals surface area contributed by atoms with Crippen LogP contribution in [0, 0.1) is 17.6 Å². The summed E-state index contributed by atoms with van der Waals surface area (Å²) in [6, 6.07) is 10.0. The van der Waals surface area contributed by atoms with Gasteiger partial charge in [-0.2, -0.15) is 0 Å². The number of ether oxygens (including phenoxy) is 1. The van der Waals surface area contributed by atoms with Crippen LogP contribution in [0.25, 0.3) is 0 Å². The lowest BCUT2D eigenvalue weighted by Gasteiger charge is -2.17. The van der Waals surface area contributed by atoms with Gasteiger partial charge in [-0.05, 0) is 29.8 Å². The Morgan fingerprint density at radius 3 is 2.77 bits per heavy atom. The smallest absolute Gasteiger partial charge is 0.227 e. The Morgan fingerprint density at radius 1 is 1.27 bits per heavy atom. The maximum absolute atomic E-state index is 14.3. The summed E-state index contributed by atoms with van der Waals surface area (Å²) in [5, 5.41) is 2.52. The van der Waals surface area contributed by atoms with Crippen LogP contribution >= 0.6 is 0 Å². The lowest BCUT2D eigenvalue weighted by Crippen LogP contribution is -2.30. The second kappa shape index (κ2) is 7.51. The van der Waals surface area contributed by atoms with Crippen molar-refractivity contribution < 1.29 is 23.1 Å². The highest BCUT2D eigenvalue weighted by molar-refractivity contribution is 6.00. The number of carbonyl (C=O) groups is 2. The monoisotopic (exact) mass is 360 g/mol. The molecule has 1 heterocycles. The van der Waals surface area contributed by atoms with Gasteiger partial charge in [-0.3, -0.25) is 9.59 Å². The normalized spacial score (nSPS) is 16.7. The number of amides is 2. The molecule has 2 amide bonds. The Morgan fingerprint density at radius 2 is 2.08 bits per heavy atom. The van der Waals surface area contributed by atoms with Gasteiger partial charge in [0.2, 0.25) is 11.8 Å². The number of hydrogen-bond donors (Lipinski definition) is 1. The molecule has 1 saturated heterocycles. The van der Waals surface area contributed by atoms with Gasteiger partial charge in [-0.1, -0.05) is 12.1 Å². The van der Waals surface area contributed by atoms with Gasteiger partial charge in [0, 0.05) is 31.8 Å². The molecule has 1 atom stereocenters. The standard InChI is InChI=1S/C19H18F2N2O3/c1-22-19(25)13-8-18(24)23(10-13)15-5-6-17(16(21)9-15)26-11-12-3-2-4-14(20)7-12/h2-7,9,13H,8,10-11H2,1H3,(H,22,25)/t13-/m0/s1. The Kier molecular flexibility index (Phi) is 5.16. The topological polar surface area (TPSA) is 58.6 Å². The number of anilines is 1. The summed E-state index contributed by atoms with van der Waals surface area (Å²) in [5.74, 6) is -1.90. The summed E-state index contributed by atoms with van der Waals surface area (Å²) in [7, 11) is 1.51. The fourth-order valence-corrected chi connectivity index (χ4v) is 2.90. The number of hydrogen-bond acceptors (Lipinski definition) is 3. The lowest BCUT2D eigenvalue weighted by atomic mass is 10.1. The molecule has 2 aromatic carbocycles. The molecule has 1 aliphatic rings. The first-order chi connectivity index (χ1) is 12.5. The summed E-state index contributed by atoms with van der Waals surface area (Å²) in [6.45, 7) is 0.233. The van der Waals surface area contributed by atoms with E-state index >= 15 is 0 Å².